The number of benzene rings is 1. The van der Waals surface area contributed by atoms with Gasteiger partial charge in [-0.25, -0.2) is 0 Å². The Hall–Kier alpha value is -1.81. The molecule has 18 heavy (non-hydrogen) atoms. The average Bonchev–Trinajstić information content (AvgIpc) is 2.64. The maximum absolute atomic E-state index is 11.0. The molecule has 94 valence electrons. The maximum Gasteiger partial charge on any atom is 0.323 e. The van der Waals surface area contributed by atoms with Crippen LogP contribution in [0.1, 0.15) is 17.7 Å². The van der Waals surface area contributed by atoms with Gasteiger partial charge in [-0.1, -0.05) is 18.2 Å². The molecule has 2 aromatic rings. The van der Waals surface area contributed by atoms with Gasteiger partial charge in [0.05, 0.1) is 0 Å². The molecule has 1 aromatic carbocycles. The second kappa shape index (κ2) is 4.14. The standard InChI is InChI=1S/C14H16N2O2/c15-9-5-6-13-11(7-9)10-3-1-2-4-12(10)16(13)8-14(17)18/h1-4,9H,5-8,15H2,(H,17,18)/t9-/m0/s1. The van der Waals surface area contributed by atoms with Gasteiger partial charge in [-0.2, -0.15) is 0 Å². The van der Waals surface area contributed by atoms with Gasteiger partial charge >= 0.3 is 5.97 Å². The van der Waals surface area contributed by atoms with Crippen molar-refractivity contribution in [3.05, 3.63) is 35.5 Å². The number of aliphatic carboxylic acids is 1. The number of aromatic nitrogens is 1. The summed E-state index contributed by atoms with van der Waals surface area (Å²) in [5.74, 6) is -0.798. The number of rotatable bonds is 2. The lowest BCUT2D eigenvalue weighted by Gasteiger charge is -2.20. The Labute approximate surface area is 105 Å². The first kappa shape index (κ1) is 11.3. The smallest absolute Gasteiger partial charge is 0.323 e. The predicted octanol–water partition coefficient (Wildman–Crippen LogP) is 1.54. The second-order valence-electron chi connectivity index (χ2n) is 4.93. The van der Waals surface area contributed by atoms with Gasteiger partial charge in [0.2, 0.25) is 0 Å². The Morgan fingerprint density at radius 1 is 1.44 bits per heavy atom. The molecule has 1 heterocycles. The van der Waals surface area contributed by atoms with Crippen LogP contribution in [0.5, 0.6) is 0 Å². The molecule has 1 atom stereocenters. The normalized spacial score (nSPS) is 18.8. The lowest BCUT2D eigenvalue weighted by molar-refractivity contribution is -0.137. The summed E-state index contributed by atoms with van der Waals surface area (Å²) in [6.07, 6.45) is 2.66. The van der Waals surface area contributed by atoms with E-state index < -0.39 is 5.97 Å². The molecule has 4 heteroatoms. The van der Waals surface area contributed by atoms with E-state index in [1.807, 2.05) is 22.8 Å². The van der Waals surface area contributed by atoms with Crippen LogP contribution in [0.25, 0.3) is 10.9 Å². The van der Waals surface area contributed by atoms with Gasteiger partial charge < -0.3 is 15.4 Å². The largest absolute Gasteiger partial charge is 0.480 e. The number of nitrogens with zero attached hydrogens (tertiary/aromatic N) is 1. The summed E-state index contributed by atoms with van der Waals surface area (Å²) in [6.45, 7) is 0.0328. The van der Waals surface area contributed by atoms with Gasteiger partial charge in [0, 0.05) is 22.6 Å². The molecule has 0 radical (unpaired) electrons. The van der Waals surface area contributed by atoms with Gasteiger partial charge in [-0.3, -0.25) is 4.79 Å². The Bertz CT molecular complexity index is 616. The Balaban J connectivity index is 2.24. The molecule has 0 amide bonds. The summed E-state index contributed by atoms with van der Waals surface area (Å²) < 4.78 is 1.93. The summed E-state index contributed by atoms with van der Waals surface area (Å²) in [5.41, 5.74) is 9.43. The third-order valence-corrected chi connectivity index (χ3v) is 3.71. The van der Waals surface area contributed by atoms with E-state index in [9.17, 15) is 4.79 Å². The highest BCUT2D eigenvalue weighted by Gasteiger charge is 2.23. The van der Waals surface area contributed by atoms with E-state index in [-0.39, 0.29) is 12.6 Å². The van der Waals surface area contributed by atoms with Crippen LogP contribution < -0.4 is 5.73 Å². The molecule has 0 unspecified atom stereocenters. The zero-order valence-electron chi connectivity index (χ0n) is 10.1. The first-order valence-electron chi connectivity index (χ1n) is 6.23. The van der Waals surface area contributed by atoms with Gasteiger partial charge in [0.1, 0.15) is 6.54 Å². The Morgan fingerprint density at radius 2 is 2.22 bits per heavy atom. The number of carboxylic acid groups (broad SMARTS) is 1. The SMILES string of the molecule is N[C@H]1CCc2c(c3ccccc3n2CC(=O)O)C1. The third-order valence-electron chi connectivity index (χ3n) is 3.71. The van der Waals surface area contributed by atoms with Crippen LogP contribution in [0.15, 0.2) is 24.3 Å². The number of para-hydroxylation sites is 1. The molecule has 0 aliphatic heterocycles. The number of carboxylic acids is 1. The molecule has 0 spiro atoms. The van der Waals surface area contributed by atoms with E-state index in [0.717, 1.165) is 35.9 Å². The molecule has 3 rings (SSSR count). The van der Waals surface area contributed by atoms with Crippen molar-refractivity contribution in [1.29, 1.82) is 0 Å². The average molecular weight is 244 g/mol. The molecule has 1 aliphatic rings. The van der Waals surface area contributed by atoms with E-state index in [0.29, 0.717) is 0 Å². The van der Waals surface area contributed by atoms with Crippen LogP contribution in [-0.2, 0) is 24.2 Å². The van der Waals surface area contributed by atoms with Gasteiger partial charge in [-0.05, 0) is 30.9 Å². The summed E-state index contributed by atoms with van der Waals surface area (Å²) in [7, 11) is 0. The highest BCUT2D eigenvalue weighted by Crippen LogP contribution is 2.31. The molecule has 0 saturated heterocycles. The Kier molecular flexibility index (Phi) is 2.59. The minimum Gasteiger partial charge on any atom is -0.480 e. The van der Waals surface area contributed by atoms with Gasteiger partial charge in [0.25, 0.3) is 0 Å². The van der Waals surface area contributed by atoms with Crippen molar-refractivity contribution in [2.75, 3.05) is 0 Å². The molecule has 1 aliphatic carbocycles. The lowest BCUT2D eigenvalue weighted by Crippen LogP contribution is -2.28. The van der Waals surface area contributed by atoms with Crippen molar-refractivity contribution in [3.8, 4) is 0 Å². The van der Waals surface area contributed by atoms with Crippen LogP contribution in [0, 0.1) is 0 Å². The van der Waals surface area contributed by atoms with Crippen LogP contribution in [-0.4, -0.2) is 21.7 Å². The fourth-order valence-corrected chi connectivity index (χ4v) is 2.94. The van der Waals surface area contributed by atoms with Crippen molar-refractivity contribution in [1.82, 2.24) is 4.57 Å². The van der Waals surface area contributed by atoms with E-state index in [4.69, 9.17) is 10.8 Å². The highest BCUT2D eigenvalue weighted by molar-refractivity contribution is 5.87. The summed E-state index contributed by atoms with van der Waals surface area (Å²) >= 11 is 0. The van der Waals surface area contributed by atoms with Crippen LogP contribution in [0.3, 0.4) is 0 Å². The fourth-order valence-electron chi connectivity index (χ4n) is 2.94. The molecular weight excluding hydrogens is 228 g/mol. The molecular formula is C14H16N2O2. The minimum atomic E-state index is -0.798. The first-order chi connectivity index (χ1) is 8.66. The van der Waals surface area contributed by atoms with E-state index in [1.54, 1.807) is 0 Å². The van der Waals surface area contributed by atoms with Crippen LogP contribution in [0.4, 0.5) is 0 Å². The van der Waals surface area contributed by atoms with E-state index in [2.05, 4.69) is 6.07 Å². The van der Waals surface area contributed by atoms with E-state index >= 15 is 0 Å². The van der Waals surface area contributed by atoms with Gasteiger partial charge in [-0.15, -0.1) is 0 Å². The number of hydrogen-bond acceptors (Lipinski definition) is 2. The zero-order chi connectivity index (χ0) is 12.7. The van der Waals surface area contributed by atoms with Crippen molar-refractivity contribution in [2.45, 2.75) is 31.8 Å². The van der Waals surface area contributed by atoms with Crippen molar-refractivity contribution < 1.29 is 9.90 Å². The number of carbonyl (C=O) groups is 1. The molecule has 0 bridgehead atoms. The minimum absolute atomic E-state index is 0.0328. The number of hydrogen-bond donors (Lipinski definition) is 2. The maximum atomic E-state index is 11.0. The molecule has 0 fully saturated rings. The first-order valence-corrected chi connectivity index (χ1v) is 6.23. The second-order valence-corrected chi connectivity index (χ2v) is 4.93. The topological polar surface area (TPSA) is 68.2 Å². The lowest BCUT2D eigenvalue weighted by atomic mass is 9.92. The third kappa shape index (κ3) is 1.69. The van der Waals surface area contributed by atoms with Crippen molar-refractivity contribution in [3.63, 3.8) is 0 Å². The quantitative estimate of drug-likeness (QED) is 0.842. The fraction of sp³-hybridized carbons (Fsp3) is 0.357. The zero-order valence-corrected chi connectivity index (χ0v) is 10.1. The van der Waals surface area contributed by atoms with Gasteiger partial charge in [0.15, 0.2) is 0 Å². The Morgan fingerprint density at radius 3 is 3.00 bits per heavy atom. The summed E-state index contributed by atoms with van der Waals surface area (Å²) in [5, 5.41) is 10.2. The highest BCUT2D eigenvalue weighted by atomic mass is 16.4. The molecule has 4 nitrogen and oxygen atoms in total. The van der Waals surface area contributed by atoms with Crippen LogP contribution >= 0.6 is 0 Å². The van der Waals surface area contributed by atoms with E-state index in [1.165, 1.54) is 5.56 Å². The molecule has 3 N–H and O–H groups in total. The van der Waals surface area contributed by atoms with Crippen molar-refractivity contribution >= 4 is 16.9 Å². The van der Waals surface area contributed by atoms with Crippen molar-refractivity contribution in [2.24, 2.45) is 5.73 Å². The number of fused-ring (bicyclic) bond motifs is 3. The predicted molar refractivity (Wildman–Crippen MR) is 69.6 cm³/mol. The molecule has 1 aromatic heterocycles. The summed E-state index contributed by atoms with van der Waals surface area (Å²) in [6, 6.07) is 8.19. The van der Waals surface area contributed by atoms with Crippen LogP contribution in [0.2, 0.25) is 0 Å². The number of nitrogens with two attached hydrogens (primary N) is 1. The molecule has 0 saturated carbocycles. The monoisotopic (exact) mass is 244 g/mol. The summed E-state index contributed by atoms with van der Waals surface area (Å²) in [4.78, 5) is 11.0.